The number of hydrogen-bond acceptors (Lipinski definition) is 1. The van der Waals surface area contributed by atoms with Gasteiger partial charge in [-0.15, -0.1) is 0 Å². The van der Waals surface area contributed by atoms with Crippen molar-refractivity contribution < 1.29 is 0 Å². The smallest absolute Gasteiger partial charge is 0.0192 e. The van der Waals surface area contributed by atoms with Crippen LogP contribution >= 0.6 is 0 Å². The van der Waals surface area contributed by atoms with E-state index >= 15 is 0 Å². The van der Waals surface area contributed by atoms with Crippen LogP contribution in [0.5, 0.6) is 0 Å². The zero-order valence-corrected chi connectivity index (χ0v) is 12.2. The molecule has 2 saturated carbocycles. The molecule has 2 aliphatic rings. The highest BCUT2D eigenvalue weighted by atomic mass is 14.9. The van der Waals surface area contributed by atoms with Crippen LogP contribution in [0.3, 0.4) is 0 Å². The van der Waals surface area contributed by atoms with Crippen LogP contribution in [0.4, 0.5) is 0 Å². The average molecular weight is 257 g/mol. The van der Waals surface area contributed by atoms with E-state index in [-0.39, 0.29) is 0 Å². The normalized spacial score (nSPS) is 24.1. The minimum Gasteiger partial charge on any atom is -0.313 e. The van der Waals surface area contributed by atoms with Gasteiger partial charge < -0.3 is 5.32 Å². The van der Waals surface area contributed by atoms with Crippen molar-refractivity contribution in [3.05, 3.63) is 35.9 Å². The van der Waals surface area contributed by atoms with Gasteiger partial charge in [-0.2, -0.15) is 0 Å². The second-order valence-corrected chi connectivity index (χ2v) is 6.46. The molecule has 0 aliphatic heterocycles. The predicted molar refractivity (Wildman–Crippen MR) is 81.4 cm³/mol. The Morgan fingerprint density at radius 3 is 2.32 bits per heavy atom. The highest BCUT2D eigenvalue weighted by Crippen LogP contribution is 2.49. The monoisotopic (exact) mass is 257 g/mol. The number of nitrogens with one attached hydrogen (secondary N) is 1. The molecule has 3 rings (SSSR count). The fraction of sp³-hybridized carbons (Fsp3) is 0.667. The Morgan fingerprint density at radius 1 is 1.11 bits per heavy atom. The molecule has 19 heavy (non-hydrogen) atoms. The Bertz CT molecular complexity index is 387. The van der Waals surface area contributed by atoms with Crippen molar-refractivity contribution >= 4 is 0 Å². The molecule has 1 N–H and O–H groups in total. The highest BCUT2D eigenvalue weighted by molar-refractivity contribution is 5.30. The van der Waals surface area contributed by atoms with Crippen molar-refractivity contribution in [2.45, 2.75) is 63.3 Å². The first-order chi connectivity index (χ1) is 9.37. The molecule has 104 valence electrons. The quantitative estimate of drug-likeness (QED) is 0.830. The third kappa shape index (κ3) is 2.33. The predicted octanol–water partition coefficient (Wildman–Crippen LogP) is 4.28. The molecule has 0 bridgehead atoms. The van der Waals surface area contributed by atoms with Gasteiger partial charge in [0.25, 0.3) is 0 Å². The van der Waals surface area contributed by atoms with E-state index in [0.29, 0.717) is 11.5 Å². The standard InChI is InChI=1S/C18H27N/c1-2-19-17(15-9-8-10-15)18(13-6-7-14-18)16-11-4-3-5-12-16/h3-5,11-12,15,17,19H,2,6-10,13-14H2,1H3. The zero-order valence-electron chi connectivity index (χ0n) is 12.2. The molecule has 2 fully saturated rings. The van der Waals surface area contributed by atoms with E-state index in [9.17, 15) is 0 Å². The summed E-state index contributed by atoms with van der Waals surface area (Å²) in [5.41, 5.74) is 2.01. The van der Waals surface area contributed by atoms with Gasteiger partial charge in [-0.25, -0.2) is 0 Å². The second kappa shape index (κ2) is 5.66. The van der Waals surface area contributed by atoms with Crippen LogP contribution < -0.4 is 5.32 Å². The lowest BCUT2D eigenvalue weighted by atomic mass is 9.63. The Kier molecular flexibility index (Phi) is 3.93. The lowest BCUT2D eigenvalue weighted by Crippen LogP contribution is -2.53. The van der Waals surface area contributed by atoms with E-state index in [1.165, 1.54) is 44.9 Å². The first-order valence-electron chi connectivity index (χ1n) is 8.16. The molecular formula is C18H27N. The van der Waals surface area contributed by atoms with Crippen molar-refractivity contribution in [3.8, 4) is 0 Å². The van der Waals surface area contributed by atoms with E-state index in [1.807, 2.05) is 0 Å². The van der Waals surface area contributed by atoms with Crippen molar-refractivity contribution in [3.63, 3.8) is 0 Å². The fourth-order valence-electron chi connectivity index (χ4n) is 4.36. The van der Waals surface area contributed by atoms with Crippen molar-refractivity contribution in [2.24, 2.45) is 5.92 Å². The Morgan fingerprint density at radius 2 is 1.79 bits per heavy atom. The van der Waals surface area contributed by atoms with Gasteiger partial charge in [0, 0.05) is 11.5 Å². The summed E-state index contributed by atoms with van der Waals surface area (Å²) < 4.78 is 0. The van der Waals surface area contributed by atoms with Gasteiger partial charge in [-0.05, 0) is 43.7 Å². The third-order valence-electron chi connectivity index (χ3n) is 5.49. The molecule has 0 heterocycles. The van der Waals surface area contributed by atoms with E-state index in [2.05, 4.69) is 42.6 Å². The van der Waals surface area contributed by atoms with Crippen LogP contribution in [0.15, 0.2) is 30.3 Å². The van der Waals surface area contributed by atoms with E-state index in [0.717, 1.165) is 12.5 Å². The summed E-state index contributed by atoms with van der Waals surface area (Å²) in [6.45, 7) is 3.37. The SMILES string of the molecule is CCNC(C1CCC1)C1(c2ccccc2)CCCC1. The Hall–Kier alpha value is -0.820. The topological polar surface area (TPSA) is 12.0 Å². The van der Waals surface area contributed by atoms with Crippen LogP contribution in [0.25, 0.3) is 0 Å². The summed E-state index contributed by atoms with van der Waals surface area (Å²) in [5.74, 6) is 0.915. The molecule has 0 amide bonds. The van der Waals surface area contributed by atoms with E-state index < -0.39 is 0 Å². The van der Waals surface area contributed by atoms with Gasteiger partial charge in [0.1, 0.15) is 0 Å². The number of rotatable bonds is 5. The molecule has 0 radical (unpaired) electrons. The van der Waals surface area contributed by atoms with Crippen LogP contribution in [-0.2, 0) is 5.41 Å². The highest BCUT2D eigenvalue weighted by Gasteiger charge is 2.46. The molecule has 1 aromatic rings. The summed E-state index contributed by atoms with van der Waals surface area (Å²) in [6.07, 6.45) is 9.89. The van der Waals surface area contributed by atoms with Gasteiger partial charge in [0.15, 0.2) is 0 Å². The van der Waals surface area contributed by atoms with Crippen molar-refractivity contribution in [2.75, 3.05) is 6.54 Å². The summed E-state index contributed by atoms with van der Waals surface area (Å²) >= 11 is 0. The van der Waals surface area contributed by atoms with E-state index in [4.69, 9.17) is 0 Å². The molecule has 0 spiro atoms. The molecule has 1 heteroatoms. The van der Waals surface area contributed by atoms with Crippen LogP contribution in [0.2, 0.25) is 0 Å². The Labute approximate surface area is 117 Å². The van der Waals surface area contributed by atoms with Gasteiger partial charge >= 0.3 is 0 Å². The lowest BCUT2D eigenvalue weighted by molar-refractivity contribution is 0.149. The maximum Gasteiger partial charge on any atom is 0.0192 e. The average Bonchev–Trinajstić information content (AvgIpc) is 2.88. The number of benzene rings is 1. The second-order valence-electron chi connectivity index (χ2n) is 6.46. The maximum atomic E-state index is 3.87. The van der Waals surface area contributed by atoms with E-state index in [1.54, 1.807) is 5.56 Å². The van der Waals surface area contributed by atoms with Gasteiger partial charge in [-0.1, -0.05) is 56.5 Å². The lowest BCUT2D eigenvalue weighted by Gasteiger charge is -2.46. The molecule has 1 atom stereocenters. The number of likely N-dealkylation sites (N-methyl/N-ethyl adjacent to an activating group) is 1. The van der Waals surface area contributed by atoms with Crippen LogP contribution in [-0.4, -0.2) is 12.6 Å². The minimum absolute atomic E-state index is 0.419. The minimum atomic E-state index is 0.419. The summed E-state index contributed by atoms with van der Waals surface area (Å²) in [5, 5.41) is 3.87. The molecular weight excluding hydrogens is 230 g/mol. The van der Waals surface area contributed by atoms with Crippen molar-refractivity contribution in [1.29, 1.82) is 0 Å². The largest absolute Gasteiger partial charge is 0.313 e. The molecule has 1 unspecified atom stereocenters. The fourth-order valence-corrected chi connectivity index (χ4v) is 4.36. The molecule has 0 saturated heterocycles. The van der Waals surface area contributed by atoms with Gasteiger partial charge in [-0.3, -0.25) is 0 Å². The third-order valence-corrected chi connectivity index (χ3v) is 5.49. The first kappa shape index (κ1) is 13.2. The van der Waals surface area contributed by atoms with Crippen molar-refractivity contribution in [1.82, 2.24) is 5.32 Å². The number of hydrogen-bond donors (Lipinski definition) is 1. The van der Waals surface area contributed by atoms with Crippen LogP contribution in [0, 0.1) is 5.92 Å². The van der Waals surface area contributed by atoms with Crippen LogP contribution in [0.1, 0.15) is 57.4 Å². The summed E-state index contributed by atoms with van der Waals surface area (Å²) in [4.78, 5) is 0. The maximum absolute atomic E-state index is 3.87. The molecule has 2 aliphatic carbocycles. The molecule has 1 nitrogen and oxygen atoms in total. The summed E-state index contributed by atoms with van der Waals surface area (Å²) in [6, 6.07) is 12.0. The molecule has 1 aromatic carbocycles. The van der Waals surface area contributed by atoms with Gasteiger partial charge in [0.05, 0.1) is 0 Å². The first-order valence-corrected chi connectivity index (χ1v) is 8.16. The summed E-state index contributed by atoms with van der Waals surface area (Å²) in [7, 11) is 0. The van der Waals surface area contributed by atoms with Gasteiger partial charge in [0.2, 0.25) is 0 Å². The molecule has 0 aromatic heterocycles. The zero-order chi connectivity index (χ0) is 13.1. The Balaban J connectivity index is 1.93.